The summed E-state index contributed by atoms with van der Waals surface area (Å²) in [6, 6.07) is 14.9. The van der Waals surface area contributed by atoms with E-state index in [1.165, 1.54) is 31.3 Å². The number of nitro groups is 2. The van der Waals surface area contributed by atoms with Crippen LogP contribution >= 0.6 is 0 Å². The second kappa shape index (κ2) is 7.64. The Hall–Kier alpha value is -4.65. The van der Waals surface area contributed by atoms with Gasteiger partial charge in [-0.1, -0.05) is 30.3 Å². The van der Waals surface area contributed by atoms with Gasteiger partial charge < -0.3 is 15.0 Å². The minimum Gasteiger partial charge on any atom is -0.434 e. The molecule has 2 N–H and O–H groups in total. The molecule has 0 bridgehead atoms. The molecule has 1 unspecified atom stereocenters. The summed E-state index contributed by atoms with van der Waals surface area (Å²) in [6.45, 7) is 0. The van der Waals surface area contributed by atoms with Crippen molar-refractivity contribution < 1.29 is 14.6 Å². The van der Waals surface area contributed by atoms with Gasteiger partial charge in [0, 0.05) is 41.8 Å². The van der Waals surface area contributed by atoms with Crippen molar-refractivity contribution >= 4 is 22.3 Å². The van der Waals surface area contributed by atoms with Crippen molar-refractivity contribution in [1.29, 1.82) is 5.26 Å². The number of para-hydroxylation sites is 1. The van der Waals surface area contributed by atoms with Gasteiger partial charge in [0.25, 0.3) is 11.6 Å². The molecule has 154 valence electrons. The van der Waals surface area contributed by atoms with Crippen LogP contribution in [0.5, 0.6) is 0 Å². The third-order valence-electron chi connectivity index (χ3n) is 5.04. The zero-order valence-electron chi connectivity index (χ0n) is 16.2. The fourth-order valence-electron chi connectivity index (χ4n) is 3.69. The summed E-state index contributed by atoms with van der Waals surface area (Å²) in [4.78, 5) is 25.1. The minimum atomic E-state index is -1.17. The third-order valence-corrected chi connectivity index (χ3v) is 5.04. The number of nitrogens with zero attached hydrogens (tertiary/aromatic N) is 3. The molecule has 0 spiro atoms. The number of aromatic nitrogens is 1. The van der Waals surface area contributed by atoms with Crippen LogP contribution in [-0.2, 0) is 4.74 Å². The normalized spacial score (nSPS) is 16.1. The maximum absolute atomic E-state index is 11.9. The Morgan fingerprint density at radius 3 is 2.58 bits per heavy atom. The van der Waals surface area contributed by atoms with Gasteiger partial charge in [-0.2, -0.15) is 5.26 Å². The summed E-state index contributed by atoms with van der Waals surface area (Å²) in [7, 11) is 1.47. The largest absolute Gasteiger partial charge is 0.434 e. The van der Waals surface area contributed by atoms with Gasteiger partial charge >= 0.3 is 5.70 Å². The lowest BCUT2D eigenvalue weighted by atomic mass is 9.85. The van der Waals surface area contributed by atoms with Crippen LogP contribution in [0, 0.1) is 31.6 Å². The molecular formula is C21H15N5O5. The van der Waals surface area contributed by atoms with Gasteiger partial charge in [0.2, 0.25) is 0 Å². The number of ether oxygens (including phenoxy) is 1. The molecule has 1 aliphatic rings. The smallest absolute Gasteiger partial charge is 0.318 e. The molecule has 2 aromatic carbocycles. The lowest BCUT2D eigenvalue weighted by Gasteiger charge is -2.25. The van der Waals surface area contributed by atoms with Gasteiger partial charge in [-0.15, -0.1) is 0 Å². The van der Waals surface area contributed by atoms with Crippen molar-refractivity contribution in [3.8, 4) is 6.07 Å². The molecule has 10 heteroatoms. The molecule has 0 saturated heterocycles. The summed E-state index contributed by atoms with van der Waals surface area (Å²) < 4.78 is 5.83. The second-order valence-corrected chi connectivity index (χ2v) is 6.71. The van der Waals surface area contributed by atoms with E-state index in [1.807, 2.05) is 30.3 Å². The highest BCUT2D eigenvalue weighted by atomic mass is 16.6. The number of fused-ring (bicyclic) bond motifs is 1. The second-order valence-electron chi connectivity index (χ2n) is 6.71. The number of hydrogen-bond acceptors (Lipinski definition) is 7. The van der Waals surface area contributed by atoms with Crippen molar-refractivity contribution in [3.05, 3.63) is 103 Å². The van der Waals surface area contributed by atoms with Crippen LogP contribution in [0.2, 0.25) is 0 Å². The van der Waals surface area contributed by atoms with E-state index in [4.69, 9.17) is 4.74 Å². The van der Waals surface area contributed by atoms with Crippen molar-refractivity contribution in [2.75, 3.05) is 7.05 Å². The van der Waals surface area contributed by atoms with E-state index in [-0.39, 0.29) is 28.5 Å². The number of allylic oxidation sites excluding steroid dienone is 1. The van der Waals surface area contributed by atoms with Gasteiger partial charge in [-0.3, -0.25) is 20.2 Å². The van der Waals surface area contributed by atoms with Gasteiger partial charge in [0.1, 0.15) is 5.92 Å². The fraction of sp³-hybridized carbons (Fsp3) is 0.0952. The summed E-state index contributed by atoms with van der Waals surface area (Å²) in [5.41, 5.74) is 0.944. The Balaban J connectivity index is 2.01. The Kier molecular flexibility index (Phi) is 4.85. The van der Waals surface area contributed by atoms with Crippen LogP contribution in [0.15, 0.2) is 71.9 Å². The molecule has 4 rings (SSSR count). The molecule has 1 atom stereocenters. The third kappa shape index (κ3) is 3.24. The molecule has 0 radical (unpaired) electrons. The molecule has 10 nitrogen and oxygen atoms in total. The predicted molar refractivity (Wildman–Crippen MR) is 111 cm³/mol. The predicted octanol–water partition coefficient (Wildman–Crippen LogP) is 3.79. The number of non-ortho nitro benzene ring substituents is 1. The lowest BCUT2D eigenvalue weighted by Crippen LogP contribution is -2.26. The highest BCUT2D eigenvalue weighted by molar-refractivity contribution is 5.93. The standard InChI is InChI=1S/C21H15N5O5/c1-23-21-19(26(29)30)18(12-5-4-6-13(9-12)25(27)28)15(10-22)20(31-21)16-11-24-17-8-3-2-7-14(16)17/h2-9,11,18,23-24H,1H3. The zero-order valence-corrected chi connectivity index (χ0v) is 16.2. The molecule has 3 aromatic rings. The van der Waals surface area contributed by atoms with E-state index < -0.39 is 21.5 Å². The van der Waals surface area contributed by atoms with Crippen molar-refractivity contribution in [1.82, 2.24) is 10.3 Å². The molecule has 1 aliphatic heterocycles. The summed E-state index contributed by atoms with van der Waals surface area (Å²) in [5, 5.41) is 36.7. The van der Waals surface area contributed by atoms with Crippen LogP contribution in [0.25, 0.3) is 16.7 Å². The number of aromatic amines is 1. The number of nitrogens with one attached hydrogen (secondary N) is 2. The molecule has 2 heterocycles. The van der Waals surface area contributed by atoms with Crippen LogP contribution < -0.4 is 5.32 Å². The van der Waals surface area contributed by atoms with Gasteiger partial charge in [-0.25, -0.2) is 0 Å². The monoisotopic (exact) mass is 417 g/mol. The maximum Gasteiger partial charge on any atom is 0.318 e. The highest BCUT2D eigenvalue weighted by Crippen LogP contribution is 2.44. The number of rotatable bonds is 5. The molecule has 0 amide bonds. The van der Waals surface area contributed by atoms with Gasteiger partial charge in [-0.05, 0) is 11.6 Å². The van der Waals surface area contributed by atoms with Crippen molar-refractivity contribution in [3.63, 3.8) is 0 Å². The average molecular weight is 417 g/mol. The SMILES string of the molecule is CNC1=C([N+](=O)[O-])C(c2cccc([N+](=O)[O-])c2)C(C#N)=C(c2c[nH]c3ccccc23)O1. The van der Waals surface area contributed by atoms with Crippen LogP contribution in [0.4, 0.5) is 5.69 Å². The molecule has 1 aromatic heterocycles. The molecule has 31 heavy (non-hydrogen) atoms. The Labute approximate surface area is 175 Å². The molecular weight excluding hydrogens is 402 g/mol. The van der Waals surface area contributed by atoms with Crippen LogP contribution in [-0.4, -0.2) is 21.9 Å². The van der Waals surface area contributed by atoms with E-state index in [0.717, 1.165) is 10.9 Å². The number of H-pyrrole nitrogens is 1. The lowest BCUT2D eigenvalue weighted by molar-refractivity contribution is -0.433. The Morgan fingerprint density at radius 2 is 1.90 bits per heavy atom. The van der Waals surface area contributed by atoms with Gasteiger partial charge in [0.05, 0.1) is 21.5 Å². The summed E-state index contributed by atoms with van der Waals surface area (Å²) in [5.74, 6) is -1.16. The van der Waals surface area contributed by atoms with Gasteiger partial charge in [0.15, 0.2) is 5.76 Å². The van der Waals surface area contributed by atoms with E-state index in [9.17, 15) is 25.5 Å². The first-order valence-electron chi connectivity index (χ1n) is 9.15. The van der Waals surface area contributed by atoms with Crippen LogP contribution in [0.1, 0.15) is 17.0 Å². The highest BCUT2D eigenvalue weighted by Gasteiger charge is 2.42. The number of benzene rings is 2. The van der Waals surface area contributed by atoms with Crippen molar-refractivity contribution in [2.45, 2.75) is 5.92 Å². The van der Waals surface area contributed by atoms with E-state index >= 15 is 0 Å². The topological polar surface area (TPSA) is 147 Å². The molecule has 0 saturated carbocycles. The summed E-state index contributed by atoms with van der Waals surface area (Å²) in [6.07, 6.45) is 1.66. The van der Waals surface area contributed by atoms with E-state index in [0.29, 0.717) is 5.56 Å². The fourth-order valence-corrected chi connectivity index (χ4v) is 3.69. The first-order valence-corrected chi connectivity index (χ1v) is 9.15. The number of nitro benzene ring substituents is 1. The first-order chi connectivity index (χ1) is 15.0. The van der Waals surface area contributed by atoms with Crippen LogP contribution in [0.3, 0.4) is 0 Å². The van der Waals surface area contributed by atoms with E-state index in [1.54, 1.807) is 6.20 Å². The van der Waals surface area contributed by atoms with Crippen molar-refractivity contribution in [2.24, 2.45) is 0 Å². The summed E-state index contributed by atoms with van der Waals surface area (Å²) >= 11 is 0. The Morgan fingerprint density at radius 1 is 1.13 bits per heavy atom. The van der Waals surface area contributed by atoms with E-state index in [2.05, 4.69) is 10.3 Å². The molecule has 0 fully saturated rings. The number of nitriles is 1. The quantitative estimate of drug-likeness (QED) is 0.474. The maximum atomic E-state index is 11.9. The first kappa shape index (κ1) is 19.7. The Bertz CT molecular complexity index is 1330. The average Bonchev–Trinajstić information content (AvgIpc) is 3.21. The minimum absolute atomic E-state index is 0.0176. The number of hydrogen-bond donors (Lipinski definition) is 2. The zero-order chi connectivity index (χ0) is 22.1. The molecule has 0 aliphatic carbocycles.